The number of benzene rings is 1. The Morgan fingerprint density at radius 3 is 2.59 bits per heavy atom. The summed E-state index contributed by atoms with van der Waals surface area (Å²) in [6.45, 7) is 3.32. The first kappa shape index (κ1) is 16.3. The number of nitrogens with zero attached hydrogens (tertiary/aromatic N) is 1. The highest BCUT2D eigenvalue weighted by Gasteiger charge is 2.44. The van der Waals surface area contributed by atoms with Gasteiger partial charge in [-0.05, 0) is 12.5 Å². The van der Waals surface area contributed by atoms with E-state index in [9.17, 15) is 22.8 Å². The average molecular weight is 314 g/mol. The molecule has 1 aromatic rings. The fraction of sp³-hybridized carbons (Fsp3) is 0.467. The third-order valence-electron chi connectivity index (χ3n) is 3.55. The van der Waals surface area contributed by atoms with E-state index in [2.05, 4.69) is 5.32 Å². The standard InChI is InChI=1S/C15H17F3N2O2/c1-3-4-8-20-13-10(12(14(20)22)19-9(2)21)6-5-7-11(13)15(16,17)18/h5-7,12H,3-4,8H2,1-2H3,(H,19,21). The van der Waals surface area contributed by atoms with Gasteiger partial charge in [-0.25, -0.2) is 0 Å². The van der Waals surface area contributed by atoms with Crippen LogP contribution < -0.4 is 10.2 Å². The zero-order valence-corrected chi connectivity index (χ0v) is 12.3. The number of unbranched alkanes of at least 4 members (excludes halogenated alkanes) is 1. The van der Waals surface area contributed by atoms with Crippen molar-refractivity contribution in [1.29, 1.82) is 0 Å². The van der Waals surface area contributed by atoms with Crippen LogP contribution in [0.5, 0.6) is 0 Å². The summed E-state index contributed by atoms with van der Waals surface area (Å²) in [5.41, 5.74) is -0.777. The third kappa shape index (κ3) is 2.93. The summed E-state index contributed by atoms with van der Waals surface area (Å²) in [7, 11) is 0. The lowest BCUT2D eigenvalue weighted by Crippen LogP contribution is -2.37. The molecule has 2 amide bonds. The van der Waals surface area contributed by atoms with Gasteiger partial charge in [0.1, 0.15) is 6.04 Å². The molecule has 1 heterocycles. The third-order valence-corrected chi connectivity index (χ3v) is 3.55. The minimum absolute atomic E-state index is 0.132. The number of hydrogen-bond donors (Lipinski definition) is 1. The van der Waals surface area contributed by atoms with Crippen molar-refractivity contribution in [3.05, 3.63) is 29.3 Å². The van der Waals surface area contributed by atoms with E-state index in [4.69, 9.17) is 0 Å². The molecule has 2 rings (SSSR count). The van der Waals surface area contributed by atoms with Crippen LogP contribution in [0.1, 0.15) is 43.9 Å². The molecule has 1 aliphatic rings. The molecular formula is C15H17F3N2O2. The molecule has 1 unspecified atom stereocenters. The summed E-state index contributed by atoms with van der Waals surface area (Å²) in [5, 5.41) is 2.44. The number of para-hydroxylation sites is 1. The molecule has 1 aromatic carbocycles. The summed E-state index contributed by atoms with van der Waals surface area (Å²) < 4.78 is 39.7. The van der Waals surface area contributed by atoms with Crippen LogP contribution >= 0.6 is 0 Å². The van der Waals surface area contributed by atoms with Crippen molar-refractivity contribution >= 4 is 17.5 Å². The number of rotatable bonds is 4. The smallest absolute Gasteiger partial charge is 0.341 e. The second-order valence-corrected chi connectivity index (χ2v) is 5.22. The molecule has 0 fully saturated rings. The number of carbonyl (C=O) groups is 2. The quantitative estimate of drug-likeness (QED) is 0.928. The van der Waals surface area contributed by atoms with Crippen LogP contribution in [-0.2, 0) is 15.8 Å². The highest BCUT2D eigenvalue weighted by Crippen LogP contribution is 2.45. The second-order valence-electron chi connectivity index (χ2n) is 5.22. The van der Waals surface area contributed by atoms with Crippen molar-refractivity contribution in [3.8, 4) is 0 Å². The first-order valence-electron chi connectivity index (χ1n) is 7.06. The maximum Gasteiger partial charge on any atom is 0.418 e. The van der Waals surface area contributed by atoms with Crippen molar-refractivity contribution in [2.24, 2.45) is 0 Å². The molecule has 0 bridgehead atoms. The minimum atomic E-state index is -4.55. The van der Waals surface area contributed by atoms with Gasteiger partial charge in [0.25, 0.3) is 5.91 Å². The lowest BCUT2D eigenvalue weighted by molar-refractivity contribution is -0.137. The number of hydrogen-bond acceptors (Lipinski definition) is 2. The van der Waals surface area contributed by atoms with Crippen LogP contribution in [0, 0.1) is 0 Å². The zero-order chi connectivity index (χ0) is 16.5. The molecular weight excluding hydrogens is 297 g/mol. The number of carbonyl (C=O) groups excluding carboxylic acids is 2. The molecule has 0 aromatic heterocycles. The molecule has 1 N–H and O–H groups in total. The molecule has 22 heavy (non-hydrogen) atoms. The lowest BCUT2D eigenvalue weighted by atomic mass is 10.0. The SMILES string of the molecule is CCCCN1C(=O)C(NC(C)=O)c2cccc(C(F)(F)F)c21. The van der Waals surface area contributed by atoms with Gasteiger partial charge in [-0.3, -0.25) is 9.59 Å². The summed E-state index contributed by atoms with van der Waals surface area (Å²) in [5.74, 6) is -0.977. The monoisotopic (exact) mass is 314 g/mol. The van der Waals surface area contributed by atoms with Gasteiger partial charge in [-0.2, -0.15) is 13.2 Å². The van der Waals surface area contributed by atoms with Crippen molar-refractivity contribution in [2.75, 3.05) is 11.4 Å². The van der Waals surface area contributed by atoms with E-state index in [1.54, 1.807) is 0 Å². The van der Waals surface area contributed by atoms with Crippen LogP contribution in [-0.4, -0.2) is 18.4 Å². The number of amides is 2. The van der Waals surface area contributed by atoms with Crippen molar-refractivity contribution in [1.82, 2.24) is 5.32 Å². The molecule has 0 spiro atoms. The van der Waals surface area contributed by atoms with Crippen LogP contribution in [0.2, 0.25) is 0 Å². The molecule has 0 aliphatic carbocycles. The van der Waals surface area contributed by atoms with Gasteiger partial charge < -0.3 is 10.2 Å². The van der Waals surface area contributed by atoms with Gasteiger partial charge in [-0.15, -0.1) is 0 Å². The summed E-state index contributed by atoms with van der Waals surface area (Å²) >= 11 is 0. The van der Waals surface area contributed by atoms with E-state index in [1.807, 2.05) is 6.92 Å². The Kier molecular flexibility index (Phi) is 4.44. The van der Waals surface area contributed by atoms with Crippen LogP contribution in [0.25, 0.3) is 0 Å². The maximum atomic E-state index is 13.2. The van der Waals surface area contributed by atoms with E-state index < -0.39 is 29.6 Å². The van der Waals surface area contributed by atoms with E-state index in [1.165, 1.54) is 19.1 Å². The number of alkyl halides is 3. The van der Waals surface area contributed by atoms with Crippen LogP contribution in [0.3, 0.4) is 0 Å². The Labute approximate surface area is 126 Å². The Bertz CT molecular complexity index is 599. The maximum absolute atomic E-state index is 13.2. The van der Waals surface area contributed by atoms with Crippen LogP contribution in [0.15, 0.2) is 18.2 Å². The Balaban J connectivity index is 2.54. The molecule has 1 atom stereocenters. The van der Waals surface area contributed by atoms with Gasteiger partial charge in [0, 0.05) is 19.0 Å². The van der Waals surface area contributed by atoms with E-state index >= 15 is 0 Å². The summed E-state index contributed by atoms with van der Waals surface area (Å²) in [6.07, 6.45) is -3.22. The molecule has 0 saturated carbocycles. The van der Waals surface area contributed by atoms with Gasteiger partial charge in [-0.1, -0.05) is 25.5 Å². The molecule has 1 aliphatic heterocycles. The normalized spacial score (nSPS) is 17.6. The van der Waals surface area contributed by atoms with Gasteiger partial charge >= 0.3 is 6.18 Å². The van der Waals surface area contributed by atoms with Crippen molar-refractivity contribution < 1.29 is 22.8 Å². The van der Waals surface area contributed by atoms with Gasteiger partial charge in [0.15, 0.2) is 0 Å². The second kappa shape index (κ2) is 5.98. The lowest BCUT2D eigenvalue weighted by Gasteiger charge is -2.21. The molecule has 120 valence electrons. The molecule has 0 saturated heterocycles. The molecule has 0 radical (unpaired) electrons. The predicted octanol–water partition coefficient (Wildman–Crippen LogP) is 3.03. The summed E-state index contributed by atoms with van der Waals surface area (Å²) in [6, 6.07) is 2.62. The average Bonchev–Trinajstić information content (AvgIpc) is 2.68. The Hall–Kier alpha value is -2.05. The number of nitrogens with one attached hydrogen (secondary N) is 1. The number of anilines is 1. The minimum Gasteiger partial charge on any atom is -0.341 e. The van der Waals surface area contributed by atoms with E-state index in [0.717, 1.165) is 17.4 Å². The highest BCUT2D eigenvalue weighted by molar-refractivity contribution is 6.07. The fourth-order valence-electron chi connectivity index (χ4n) is 2.60. The molecule has 7 heteroatoms. The van der Waals surface area contributed by atoms with E-state index in [-0.39, 0.29) is 17.8 Å². The fourth-order valence-corrected chi connectivity index (χ4v) is 2.60. The predicted molar refractivity (Wildman–Crippen MR) is 75.3 cm³/mol. The Morgan fingerprint density at radius 2 is 2.05 bits per heavy atom. The first-order valence-corrected chi connectivity index (χ1v) is 7.06. The molecule has 4 nitrogen and oxygen atoms in total. The largest absolute Gasteiger partial charge is 0.418 e. The van der Waals surface area contributed by atoms with Crippen molar-refractivity contribution in [3.63, 3.8) is 0 Å². The van der Waals surface area contributed by atoms with E-state index in [0.29, 0.717) is 6.42 Å². The number of halogens is 3. The zero-order valence-electron chi connectivity index (χ0n) is 12.3. The first-order chi connectivity index (χ1) is 10.3. The van der Waals surface area contributed by atoms with Gasteiger partial charge in [0.05, 0.1) is 11.3 Å². The topological polar surface area (TPSA) is 49.4 Å². The van der Waals surface area contributed by atoms with Gasteiger partial charge in [0.2, 0.25) is 5.91 Å². The van der Waals surface area contributed by atoms with Crippen molar-refractivity contribution in [2.45, 2.75) is 38.9 Å². The highest BCUT2D eigenvalue weighted by atomic mass is 19.4. The Morgan fingerprint density at radius 1 is 1.36 bits per heavy atom. The number of fused-ring (bicyclic) bond motifs is 1. The summed E-state index contributed by atoms with van der Waals surface area (Å²) in [4.78, 5) is 24.8. The van der Waals surface area contributed by atoms with Crippen LogP contribution in [0.4, 0.5) is 18.9 Å².